The number of carboxylic acids is 1. The summed E-state index contributed by atoms with van der Waals surface area (Å²) in [7, 11) is 1.36. The summed E-state index contributed by atoms with van der Waals surface area (Å²) in [4.78, 5) is 21.7. The molecule has 56 valence electrons. The molecule has 1 amide bonds. The molecule has 1 atom stereocenters. The summed E-state index contributed by atoms with van der Waals surface area (Å²) in [5.41, 5.74) is 0. The van der Waals surface area contributed by atoms with Crippen molar-refractivity contribution >= 4 is 12.1 Å². The van der Waals surface area contributed by atoms with Crippen LogP contribution in [0.4, 0.5) is 4.79 Å². The van der Waals surface area contributed by atoms with Crippen molar-refractivity contribution in [3.63, 3.8) is 0 Å². The molecule has 0 spiro atoms. The fourth-order valence-electron chi connectivity index (χ4n) is 0.717. The fourth-order valence-corrected chi connectivity index (χ4v) is 0.717. The van der Waals surface area contributed by atoms with Gasteiger partial charge in [0.05, 0.1) is 5.97 Å². The number of nitrogens with zero attached hydrogens (tertiary/aromatic N) is 1. The van der Waals surface area contributed by atoms with Gasteiger partial charge in [-0.1, -0.05) is 0 Å². The van der Waals surface area contributed by atoms with Crippen LogP contribution in [-0.4, -0.2) is 36.7 Å². The van der Waals surface area contributed by atoms with E-state index in [0.29, 0.717) is 0 Å². The number of hydrogen-bond acceptors (Lipinski definition) is 4. The van der Waals surface area contributed by atoms with Gasteiger partial charge in [-0.05, 0) is 0 Å². The molecule has 0 bridgehead atoms. The van der Waals surface area contributed by atoms with Gasteiger partial charge in [0.1, 0.15) is 12.6 Å². The van der Waals surface area contributed by atoms with E-state index in [4.69, 9.17) is 0 Å². The average molecular weight is 151 g/mol. The number of ether oxygens (including phenoxy) is 1. The van der Waals surface area contributed by atoms with E-state index in [1.54, 1.807) is 0 Å². The molecule has 1 aliphatic heterocycles. The fraction of sp³-hybridized carbons (Fsp3) is 0.600. The van der Waals surface area contributed by atoms with Crippen LogP contribution in [0.2, 0.25) is 0 Å². The van der Waals surface area contributed by atoms with Gasteiger partial charge in [0.2, 0.25) is 0 Å². The second-order valence-corrected chi connectivity index (χ2v) is 2.02. The van der Waals surface area contributed by atoms with Crippen molar-refractivity contribution in [2.24, 2.45) is 0 Å². The van der Waals surface area contributed by atoms with E-state index in [0.717, 1.165) is 4.90 Å². The molecule has 1 heterocycles. The summed E-state index contributed by atoms with van der Waals surface area (Å²) in [5.74, 6) is -1.28. The number of likely N-dealkylation sites (N-methyl/N-ethyl adjacent to an activating group) is 1. The predicted molar refractivity (Wildman–Crippen MR) is 27.9 cm³/mol. The van der Waals surface area contributed by atoms with E-state index in [1.807, 2.05) is 0 Å². The van der Waals surface area contributed by atoms with Crippen molar-refractivity contribution in [3.8, 4) is 0 Å². The normalized spacial score (nSPS) is 22.5. The second-order valence-electron chi connectivity index (χ2n) is 2.02. The van der Waals surface area contributed by atoms with Gasteiger partial charge in [0.25, 0.3) is 0 Å². The van der Waals surface area contributed by atoms with Gasteiger partial charge >= 0.3 is 25.0 Å². The summed E-state index contributed by atoms with van der Waals surface area (Å²) < 4.78 is 4.41. The molecule has 1 fully saturated rings. The Balaban J connectivity index is 0.000001000. The van der Waals surface area contributed by atoms with Gasteiger partial charge in [-0.3, -0.25) is 4.90 Å². The number of carbonyl (C=O) groups is 2. The summed E-state index contributed by atoms with van der Waals surface area (Å²) >= 11 is 0. The topological polar surface area (TPSA) is 69.7 Å². The van der Waals surface area contributed by atoms with Crippen molar-refractivity contribution in [2.45, 2.75) is 6.04 Å². The first kappa shape index (κ1) is 10.3. The van der Waals surface area contributed by atoms with E-state index in [9.17, 15) is 14.7 Å². The smallest absolute Gasteiger partial charge is 0.548 e. The number of hydrogen-bond donors (Lipinski definition) is 0. The van der Waals surface area contributed by atoms with E-state index in [1.165, 1.54) is 7.05 Å². The molecule has 0 aliphatic carbocycles. The zero-order chi connectivity index (χ0) is 7.72. The van der Waals surface area contributed by atoms with E-state index in [-0.39, 0.29) is 25.5 Å². The molecular weight excluding hydrogens is 145 g/mol. The predicted octanol–water partition coefficient (Wildman–Crippen LogP) is -4.81. The van der Waals surface area contributed by atoms with Gasteiger partial charge in [0.15, 0.2) is 0 Å². The van der Waals surface area contributed by atoms with Crippen molar-refractivity contribution < 1.29 is 38.3 Å². The largest absolute Gasteiger partial charge is 1.00 e. The Labute approximate surface area is 75.5 Å². The molecule has 0 saturated carbocycles. The molecule has 1 aliphatic rings. The molecule has 0 unspecified atom stereocenters. The van der Waals surface area contributed by atoms with Crippen molar-refractivity contribution in [3.05, 3.63) is 0 Å². The number of aliphatic carboxylic acids is 1. The molecule has 11 heavy (non-hydrogen) atoms. The molecule has 0 radical (unpaired) electrons. The van der Waals surface area contributed by atoms with Crippen LogP contribution in [0.15, 0.2) is 0 Å². The van der Waals surface area contributed by atoms with Crippen LogP contribution < -0.4 is 24.0 Å². The molecule has 1 rings (SSSR count). The maximum absolute atomic E-state index is 10.5. The molecule has 1 saturated heterocycles. The summed E-state index contributed by atoms with van der Waals surface area (Å²) in [5, 5.41) is 10.2. The second kappa shape index (κ2) is 3.65. The Hall–Kier alpha value is -0.663. The van der Waals surface area contributed by atoms with Crippen LogP contribution in [0.3, 0.4) is 0 Å². The molecular formula is C5H6LiNO4. The standard InChI is InChI=1S/C5H7NO4.Li/c1-6-3(4(7)8)2-10-5(6)9;/h3H,2H2,1H3,(H,7,8);/q;+1/p-1/t3-;/m0./s1. The number of carbonyl (C=O) groups excluding carboxylic acids is 2. The molecule has 0 aromatic rings. The van der Waals surface area contributed by atoms with Gasteiger partial charge < -0.3 is 14.6 Å². The molecule has 0 aromatic carbocycles. The van der Waals surface area contributed by atoms with Crippen LogP contribution in [0, 0.1) is 0 Å². The first-order chi connectivity index (χ1) is 4.63. The molecule has 5 nitrogen and oxygen atoms in total. The third kappa shape index (κ3) is 1.88. The van der Waals surface area contributed by atoms with Crippen LogP contribution in [-0.2, 0) is 9.53 Å². The van der Waals surface area contributed by atoms with E-state index < -0.39 is 18.1 Å². The zero-order valence-corrected chi connectivity index (χ0v) is 6.36. The van der Waals surface area contributed by atoms with Gasteiger partial charge in [-0.2, -0.15) is 0 Å². The molecule has 0 aromatic heterocycles. The Morgan fingerprint density at radius 2 is 2.36 bits per heavy atom. The maximum Gasteiger partial charge on any atom is 1.00 e. The Bertz CT molecular complexity index is 183. The van der Waals surface area contributed by atoms with Crippen molar-refractivity contribution in [2.75, 3.05) is 13.7 Å². The minimum Gasteiger partial charge on any atom is -0.548 e. The Morgan fingerprint density at radius 3 is 2.55 bits per heavy atom. The Kier molecular flexibility index (Phi) is 3.43. The molecule has 0 N–H and O–H groups in total. The van der Waals surface area contributed by atoms with Crippen LogP contribution >= 0.6 is 0 Å². The third-order valence-electron chi connectivity index (χ3n) is 1.39. The maximum atomic E-state index is 10.5. The third-order valence-corrected chi connectivity index (χ3v) is 1.39. The van der Waals surface area contributed by atoms with Gasteiger partial charge in [-0.25, -0.2) is 4.79 Å². The quantitative estimate of drug-likeness (QED) is 0.352. The first-order valence-corrected chi connectivity index (χ1v) is 2.73. The zero-order valence-electron chi connectivity index (χ0n) is 6.36. The Morgan fingerprint density at radius 1 is 1.82 bits per heavy atom. The number of rotatable bonds is 1. The van der Waals surface area contributed by atoms with Crippen LogP contribution in [0.5, 0.6) is 0 Å². The van der Waals surface area contributed by atoms with E-state index >= 15 is 0 Å². The average Bonchev–Trinajstić information content (AvgIpc) is 2.14. The van der Waals surface area contributed by atoms with Crippen LogP contribution in [0.25, 0.3) is 0 Å². The SMILES string of the molecule is CN1C(=O)OC[C@H]1C(=O)[O-].[Li+]. The van der Waals surface area contributed by atoms with Crippen LogP contribution in [0.1, 0.15) is 0 Å². The van der Waals surface area contributed by atoms with Crippen molar-refractivity contribution in [1.82, 2.24) is 4.90 Å². The van der Waals surface area contributed by atoms with Gasteiger partial charge in [0, 0.05) is 7.05 Å². The number of cyclic esters (lactones) is 1. The van der Waals surface area contributed by atoms with Gasteiger partial charge in [-0.15, -0.1) is 0 Å². The number of carboxylic acid groups (broad SMARTS) is 1. The monoisotopic (exact) mass is 151 g/mol. The summed E-state index contributed by atoms with van der Waals surface area (Å²) in [6, 6.07) is -0.924. The first-order valence-electron chi connectivity index (χ1n) is 2.73. The summed E-state index contributed by atoms with van der Waals surface area (Å²) in [6.45, 7) is -0.113. The minimum absolute atomic E-state index is 0. The van der Waals surface area contributed by atoms with Crippen molar-refractivity contribution in [1.29, 1.82) is 0 Å². The minimum atomic E-state index is -1.28. The number of amides is 1. The molecule has 6 heteroatoms. The summed E-state index contributed by atoms with van der Waals surface area (Å²) in [6.07, 6.45) is -0.616. The van der Waals surface area contributed by atoms with E-state index in [2.05, 4.69) is 4.74 Å².